The van der Waals surface area contributed by atoms with E-state index in [2.05, 4.69) is 10.6 Å². The average Bonchev–Trinajstić information content (AvgIpc) is 3.16. The maximum atomic E-state index is 12.7. The number of rotatable bonds is 4. The van der Waals surface area contributed by atoms with E-state index in [-0.39, 0.29) is 23.8 Å². The molecule has 3 rings (SSSR count). The van der Waals surface area contributed by atoms with Crippen molar-refractivity contribution < 1.29 is 9.59 Å². The molecule has 1 aromatic rings. The number of hydrogen-bond donors (Lipinski definition) is 2. The molecule has 1 aromatic carbocycles. The Kier molecular flexibility index (Phi) is 6.20. The van der Waals surface area contributed by atoms with E-state index in [1.807, 2.05) is 4.90 Å². The summed E-state index contributed by atoms with van der Waals surface area (Å²) in [5.74, 6) is 0.323. The van der Waals surface area contributed by atoms with Gasteiger partial charge in [-0.1, -0.05) is 23.2 Å². The molecule has 0 radical (unpaired) electrons. The van der Waals surface area contributed by atoms with Gasteiger partial charge in [0.25, 0.3) is 5.91 Å². The van der Waals surface area contributed by atoms with Gasteiger partial charge < -0.3 is 15.5 Å². The second kappa shape index (κ2) is 8.39. The highest BCUT2D eigenvalue weighted by Crippen LogP contribution is 2.24. The van der Waals surface area contributed by atoms with Gasteiger partial charge in [0.2, 0.25) is 5.91 Å². The van der Waals surface area contributed by atoms with E-state index < -0.39 is 0 Å². The van der Waals surface area contributed by atoms with Crippen LogP contribution < -0.4 is 10.6 Å². The first-order chi connectivity index (χ1) is 12.0. The fraction of sp³-hybridized carbons (Fsp3) is 0.556. The summed E-state index contributed by atoms with van der Waals surface area (Å²) >= 11 is 11.9. The number of piperidine rings is 1. The van der Waals surface area contributed by atoms with Gasteiger partial charge in [-0.05, 0) is 56.3 Å². The van der Waals surface area contributed by atoms with Gasteiger partial charge in [0.15, 0.2) is 0 Å². The highest BCUT2D eigenvalue weighted by Gasteiger charge is 2.27. The second-order valence-corrected chi connectivity index (χ2v) is 7.60. The molecule has 5 nitrogen and oxygen atoms in total. The number of carbonyl (C=O) groups excluding carboxylic acids is 2. The topological polar surface area (TPSA) is 61.4 Å². The van der Waals surface area contributed by atoms with E-state index in [9.17, 15) is 9.59 Å². The molecular weight excluding hydrogens is 361 g/mol. The van der Waals surface area contributed by atoms with Crippen LogP contribution in [0.4, 0.5) is 0 Å². The van der Waals surface area contributed by atoms with Gasteiger partial charge in [0.1, 0.15) is 0 Å². The van der Waals surface area contributed by atoms with E-state index in [1.54, 1.807) is 18.2 Å². The monoisotopic (exact) mass is 383 g/mol. The SMILES string of the molecule is O=C(NCC1CCCN(C(=O)c2ccc(Cl)c(Cl)c2)C1)C1CCCN1. The number of benzene rings is 1. The van der Waals surface area contributed by atoms with Crippen molar-refractivity contribution >= 4 is 35.0 Å². The lowest BCUT2D eigenvalue weighted by atomic mass is 9.97. The number of hydrogen-bond acceptors (Lipinski definition) is 3. The third-order valence-corrected chi connectivity index (χ3v) is 5.65. The van der Waals surface area contributed by atoms with Crippen LogP contribution in [0.2, 0.25) is 10.0 Å². The minimum atomic E-state index is -0.0578. The van der Waals surface area contributed by atoms with Crippen LogP contribution in [0, 0.1) is 5.92 Å². The Morgan fingerprint density at radius 1 is 1.20 bits per heavy atom. The number of nitrogens with zero attached hydrogens (tertiary/aromatic N) is 1. The summed E-state index contributed by atoms with van der Waals surface area (Å²) in [6.45, 7) is 2.90. The lowest BCUT2D eigenvalue weighted by Crippen LogP contribution is -2.46. The van der Waals surface area contributed by atoms with Gasteiger partial charge in [0, 0.05) is 25.2 Å². The molecule has 2 fully saturated rings. The third kappa shape index (κ3) is 4.66. The van der Waals surface area contributed by atoms with E-state index in [0.717, 1.165) is 38.8 Å². The van der Waals surface area contributed by atoms with Crippen molar-refractivity contribution in [2.24, 2.45) is 5.92 Å². The molecule has 2 heterocycles. The van der Waals surface area contributed by atoms with E-state index in [0.29, 0.717) is 28.7 Å². The van der Waals surface area contributed by atoms with Crippen molar-refractivity contribution in [2.75, 3.05) is 26.2 Å². The van der Waals surface area contributed by atoms with Gasteiger partial charge >= 0.3 is 0 Å². The van der Waals surface area contributed by atoms with Crippen LogP contribution in [0.15, 0.2) is 18.2 Å². The van der Waals surface area contributed by atoms with E-state index >= 15 is 0 Å². The van der Waals surface area contributed by atoms with Crippen LogP contribution in [0.25, 0.3) is 0 Å². The predicted octanol–water partition coefficient (Wildman–Crippen LogP) is 2.71. The van der Waals surface area contributed by atoms with Gasteiger partial charge in [-0.15, -0.1) is 0 Å². The molecule has 0 bridgehead atoms. The Labute approximate surface area is 158 Å². The lowest BCUT2D eigenvalue weighted by Gasteiger charge is -2.33. The number of nitrogens with one attached hydrogen (secondary N) is 2. The quantitative estimate of drug-likeness (QED) is 0.839. The summed E-state index contributed by atoms with van der Waals surface area (Å²) in [6, 6.07) is 4.90. The summed E-state index contributed by atoms with van der Waals surface area (Å²) < 4.78 is 0. The molecule has 2 amide bonds. The molecule has 7 heteroatoms. The summed E-state index contributed by atoms with van der Waals surface area (Å²) in [6.07, 6.45) is 3.91. The van der Waals surface area contributed by atoms with Crippen LogP contribution >= 0.6 is 23.2 Å². The van der Waals surface area contributed by atoms with Gasteiger partial charge in [0.05, 0.1) is 16.1 Å². The Morgan fingerprint density at radius 2 is 2.04 bits per heavy atom. The smallest absolute Gasteiger partial charge is 0.253 e. The maximum Gasteiger partial charge on any atom is 0.253 e. The molecular formula is C18H23Cl2N3O2. The fourth-order valence-corrected chi connectivity index (χ4v) is 3.80. The molecule has 2 aliphatic heterocycles. The normalized spacial score (nSPS) is 23.5. The molecule has 25 heavy (non-hydrogen) atoms. The van der Waals surface area contributed by atoms with Gasteiger partial charge in [-0.25, -0.2) is 0 Å². The van der Waals surface area contributed by atoms with Crippen LogP contribution in [-0.4, -0.2) is 48.9 Å². The van der Waals surface area contributed by atoms with Gasteiger partial charge in [-0.3, -0.25) is 9.59 Å². The second-order valence-electron chi connectivity index (χ2n) is 6.78. The first kappa shape index (κ1) is 18.5. The largest absolute Gasteiger partial charge is 0.354 e. The van der Waals surface area contributed by atoms with Crippen LogP contribution in [0.1, 0.15) is 36.0 Å². The molecule has 2 saturated heterocycles. The first-order valence-corrected chi connectivity index (χ1v) is 9.55. The molecule has 0 aromatic heterocycles. The highest BCUT2D eigenvalue weighted by molar-refractivity contribution is 6.42. The minimum absolute atomic E-state index is 0.0351. The molecule has 0 aliphatic carbocycles. The fourth-order valence-electron chi connectivity index (χ4n) is 3.50. The Hall–Kier alpha value is -1.30. The van der Waals surface area contributed by atoms with Crippen molar-refractivity contribution in [3.8, 4) is 0 Å². The van der Waals surface area contributed by atoms with Crippen molar-refractivity contribution in [1.29, 1.82) is 0 Å². The molecule has 136 valence electrons. The predicted molar refractivity (Wildman–Crippen MR) is 99.1 cm³/mol. The summed E-state index contributed by atoms with van der Waals surface area (Å²) in [4.78, 5) is 26.6. The number of halogens is 2. The van der Waals surface area contributed by atoms with Crippen LogP contribution in [0.3, 0.4) is 0 Å². The van der Waals surface area contributed by atoms with Gasteiger partial charge in [-0.2, -0.15) is 0 Å². The Balaban J connectivity index is 1.54. The molecule has 2 unspecified atom stereocenters. The molecule has 2 N–H and O–H groups in total. The molecule has 2 atom stereocenters. The lowest BCUT2D eigenvalue weighted by molar-refractivity contribution is -0.123. The van der Waals surface area contributed by atoms with Crippen molar-refractivity contribution in [3.63, 3.8) is 0 Å². The Morgan fingerprint density at radius 3 is 2.76 bits per heavy atom. The van der Waals surface area contributed by atoms with Crippen molar-refractivity contribution in [1.82, 2.24) is 15.5 Å². The molecule has 0 saturated carbocycles. The Bertz CT molecular complexity index is 647. The zero-order valence-electron chi connectivity index (χ0n) is 14.1. The maximum absolute atomic E-state index is 12.7. The number of likely N-dealkylation sites (tertiary alicyclic amines) is 1. The van der Waals surface area contributed by atoms with Crippen LogP contribution in [0.5, 0.6) is 0 Å². The minimum Gasteiger partial charge on any atom is -0.354 e. The van der Waals surface area contributed by atoms with Crippen molar-refractivity contribution in [3.05, 3.63) is 33.8 Å². The molecule has 2 aliphatic rings. The van der Waals surface area contributed by atoms with Crippen LogP contribution in [-0.2, 0) is 4.79 Å². The standard InChI is InChI=1S/C18H23Cl2N3O2/c19-14-6-5-13(9-15(14)20)18(25)23-8-2-3-12(11-23)10-22-17(24)16-4-1-7-21-16/h5-6,9,12,16,21H,1-4,7-8,10-11H2,(H,22,24). The first-order valence-electron chi connectivity index (χ1n) is 8.80. The summed E-state index contributed by atoms with van der Waals surface area (Å²) in [5, 5.41) is 7.06. The van der Waals surface area contributed by atoms with E-state index in [1.165, 1.54) is 0 Å². The average molecular weight is 384 g/mol. The van der Waals surface area contributed by atoms with Crippen molar-refractivity contribution in [2.45, 2.75) is 31.7 Å². The summed E-state index contributed by atoms with van der Waals surface area (Å²) in [5.41, 5.74) is 0.550. The highest BCUT2D eigenvalue weighted by atomic mass is 35.5. The van der Waals surface area contributed by atoms with E-state index in [4.69, 9.17) is 23.2 Å². The number of carbonyl (C=O) groups is 2. The summed E-state index contributed by atoms with van der Waals surface area (Å²) in [7, 11) is 0. The number of amides is 2. The zero-order valence-corrected chi connectivity index (χ0v) is 15.6. The molecule has 0 spiro atoms. The zero-order chi connectivity index (χ0) is 17.8. The third-order valence-electron chi connectivity index (χ3n) is 4.91.